The summed E-state index contributed by atoms with van der Waals surface area (Å²) in [5.41, 5.74) is 3.04. The minimum absolute atomic E-state index is 0.171. The second-order valence-electron chi connectivity index (χ2n) is 9.10. The lowest BCUT2D eigenvalue weighted by Gasteiger charge is -2.31. The molecule has 5 nitrogen and oxygen atoms in total. The van der Waals surface area contributed by atoms with E-state index in [0.717, 1.165) is 16.7 Å². The van der Waals surface area contributed by atoms with Gasteiger partial charge >= 0.3 is 0 Å². The fourth-order valence-electron chi connectivity index (χ4n) is 3.74. The van der Waals surface area contributed by atoms with Gasteiger partial charge in [-0.1, -0.05) is 85.6 Å². The summed E-state index contributed by atoms with van der Waals surface area (Å²) in [7, 11) is 0. The van der Waals surface area contributed by atoms with Gasteiger partial charge in [0.25, 0.3) is 5.91 Å². The van der Waals surface area contributed by atoms with E-state index in [1.165, 1.54) is 0 Å². The van der Waals surface area contributed by atoms with Crippen LogP contribution in [0.1, 0.15) is 30.5 Å². The van der Waals surface area contributed by atoms with Crippen LogP contribution in [0.3, 0.4) is 0 Å². The van der Waals surface area contributed by atoms with Crippen LogP contribution in [-0.4, -0.2) is 35.9 Å². The van der Waals surface area contributed by atoms with Crippen molar-refractivity contribution in [2.45, 2.75) is 39.8 Å². The molecule has 1 atom stereocenters. The molecule has 35 heavy (non-hydrogen) atoms. The van der Waals surface area contributed by atoms with Crippen LogP contribution in [0.15, 0.2) is 78.9 Å². The first-order chi connectivity index (χ1) is 16.8. The van der Waals surface area contributed by atoms with Gasteiger partial charge in [0.15, 0.2) is 6.61 Å². The molecule has 0 aliphatic rings. The molecule has 3 aromatic carbocycles. The van der Waals surface area contributed by atoms with Gasteiger partial charge in [0.05, 0.1) is 0 Å². The quantitative estimate of drug-likeness (QED) is 0.387. The Bertz CT molecular complexity index is 1100. The number of rotatable bonds is 11. The molecule has 184 valence electrons. The largest absolute Gasteiger partial charge is 0.484 e. The van der Waals surface area contributed by atoms with E-state index in [0.29, 0.717) is 36.2 Å². The van der Waals surface area contributed by atoms with Gasteiger partial charge in [-0.2, -0.15) is 0 Å². The van der Waals surface area contributed by atoms with Crippen LogP contribution in [0.25, 0.3) is 0 Å². The average molecular weight is 493 g/mol. The van der Waals surface area contributed by atoms with Gasteiger partial charge < -0.3 is 15.0 Å². The van der Waals surface area contributed by atoms with Gasteiger partial charge in [-0.3, -0.25) is 9.59 Å². The van der Waals surface area contributed by atoms with E-state index < -0.39 is 6.04 Å². The molecule has 6 heteroatoms. The summed E-state index contributed by atoms with van der Waals surface area (Å²) < 4.78 is 5.76. The molecule has 0 fully saturated rings. The molecule has 0 unspecified atom stereocenters. The molecule has 0 radical (unpaired) electrons. The third kappa shape index (κ3) is 8.45. The first-order valence-electron chi connectivity index (χ1n) is 11.9. The van der Waals surface area contributed by atoms with Crippen molar-refractivity contribution in [3.05, 3.63) is 101 Å². The second-order valence-corrected chi connectivity index (χ2v) is 9.53. The second kappa shape index (κ2) is 13.0. The van der Waals surface area contributed by atoms with Crippen LogP contribution in [0.4, 0.5) is 0 Å². The van der Waals surface area contributed by atoms with Gasteiger partial charge in [-0.15, -0.1) is 0 Å². The molecule has 3 rings (SSSR count). The lowest BCUT2D eigenvalue weighted by molar-refractivity contribution is -0.142. The highest BCUT2D eigenvalue weighted by Crippen LogP contribution is 2.18. The van der Waals surface area contributed by atoms with E-state index in [1.54, 1.807) is 29.2 Å². The first-order valence-corrected chi connectivity index (χ1v) is 12.2. The van der Waals surface area contributed by atoms with Crippen molar-refractivity contribution in [3.8, 4) is 5.75 Å². The van der Waals surface area contributed by atoms with Crippen molar-refractivity contribution in [1.29, 1.82) is 0 Å². The molecule has 0 heterocycles. The molecular weight excluding hydrogens is 460 g/mol. The van der Waals surface area contributed by atoms with E-state index in [1.807, 2.05) is 75.4 Å². The molecule has 0 saturated heterocycles. The maximum atomic E-state index is 13.5. The Morgan fingerprint density at radius 3 is 2.29 bits per heavy atom. The number of nitrogens with zero attached hydrogens (tertiary/aromatic N) is 1. The van der Waals surface area contributed by atoms with Gasteiger partial charge in [0.1, 0.15) is 11.8 Å². The van der Waals surface area contributed by atoms with Gasteiger partial charge in [0.2, 0.25) is 5.91 Å². The van der Waals surface area contributed by atoms with Gasteiger partial charge in [-0.05, 0) is 48.2 Å². The molecule has 0 aliphatic carbocycles. The molecule has 0 saturated carbocycles. The fourth-order valence-corrected chi connectivity index (χ4v) is 3.87. The summed E-state index contributed by atoms with van der Waals surface area (Å²) in [5.74, 6) is 0.407. The van der Waals surface area contributed by atoms with Crippen molar-refractivity contribution in [2.75, 3.05) is 13.2 Å². The lowest BCUT2D eigenvalue weighted by atomic mass is 10.0. The number of hydrogen-bond donors (Lipinski definition) is 1. The monoisotopic (exact) mass is 492 g/mol. The van der Waals surface area contributed by atoms with Crippen LogP contribution in [0, 0.1) is 12.8 Å². The summed E-state index contributed by atoms with van der Waals surface area (Å²) in [6.07, 6.45) is 0.406. The molecule has 0 aliphatic heterocycles. The van der Waals surface area contributed by atoms with Gasteiger partial charge in [-0.25, -0.2) is 0 Å². The van der Waals surface area contributed by atoms with Crippen molar-refractivity contribution in [1.82, 2.24) is 10.2 Å². The third-order valence-corrected chi connectivity index (χ3v) is 5.82. The minimum Gasteiger partial charge on any atom is -0.484 e. The Kier molecular flexibility index (Phi) is 9.74. The van der Waals surface area contributed by atoms with E-state index in [2.05, 4.69) is 5.32 Å². The Morgan fingerprint density at radius 1 is 0.943 bits per heavy atom. The zero-order chi connectivity index (χ0) is 25.2. The summed E-state index contributed by atoms with van der Waals surface area (Å²) in [4.78, 5) is 28.6. The minimum atomic E-state index is -0.682. The number of ether oxygens (including phenoxy) is 1. The average Bonchev–Trinajstić information content (AvgIpc) is 2.85. The zero-order valence-electron chi connectivity index (χ0n) is 20.5. The highest BCUT2D eigenvalue weighted by molar-refractivity contribution is 6.30. The molecule has 0 aromatic heterocycles. The number of carbonyl (C=O) groups excluding carboxylic acids is 2. The van der Waals surface area contributed by atoms with E-state index in [-0.39, 0.29) is 18.4 Å². The van der Waals surface area contributed by atoms with Crippen LogP contribution in [-0.2, 0) is 22.6 Å². The number of hydrogen-bond acceptors (Lipinski definition) is 3. The predicted molar refractivity (Wildman–Crippen MR) is 140 cm³/mol. The summed E-state index contributed by atoms with van der Waals surface area (Å²) >= 11 is 5.96. The number of amides is 2. The molecule has 0 bridgehead atoms. The molecular formula is C29H33ClN2O3. The van der Waals surface area contributed by atoms with E-state index in [9.17, 15) is 9.59 Å². The number of carbonyl (C=O) groups is 2. The predicted octanol–water partition coefficient (Wildman–Crippen LogP) is 5.44. The number of halogens is 1. The maximum absolute atomic E-state index is 13.5. The van der Waals surface area contributed by atoms with Crippen LogP contribution in [0.2, 0.25) is 5.02 Å². The topological polar surface area (TPSA) is 58.6 Å². The lowest BCUT2D eigenvalue weighted by Crippen LogP contribution is -2.52. The van der Waals surface area contributed by atoms with Crippen LogP contribution in [0.5, 0.6) is 5.75 Å². The Morgan fingerprint density at radius 2 is 1.63 bits per heavy atom. The highest BCUT2D eigenvalue weighted by atomic mass is 35.5. The Hall–Kier alpha value is -3.31. The Labute approximate surface area is 213 Å². The third-order valence-electron chi connectivity index (χ3n) is 5.57. The smallest absolute Gasteiger partial charge is 0.261 e. The van der Waals surface area contributed by atoms with Crippen molar-refractivity contribution >= 4 is 23.4 Å². The standard InChI is InChI=1S/C29H33ClN2O3/c1-21(2)18-31-29(34)27(17-23-9-5-4-6-10-23)32(19-24-11-7-8-22(3)16-24)28(33)20-35-26-14-12-25(30)13-15-26/h4-16,21,27H,17-20H2,1-3H3,(H,31,34)/t27-/m1/s1. The zero-order valence-corrected chi connectivity index (χ0v) is 21.3. The Balaban J connectivity index is 1.89. The molecule has 1 N–H and O–H groups in total. The van der Waals surface area contributed by atoms with Crippen molar-refractivity contribution in [2.24, 2.45) is 5.92 Å². The summed E-state index contributed by atoms with van der Waals surface area (Å²) in [6, 6.07) is 23.9. The van der Waals surface area contributed by atoms with Crippen molar-refractivity contribution in [3.63, 3.8) is 0 Å². The number of benzene rings is 3. The first kappa shape index (κ1) is 26.3. The molecule has 0 spiro atoms. The SMILES string of the molecule is Cc1cccc(CN(C(=O)COc2ccc(Cl)cc2)[C@H](Cc2ccccc2)C(=O)NCC(C)C)c1. The van der Waals surface area contributed by atoms with Crippen LogP contribution < -0.4 is 10.1 Å². The van der Waals surface area contributed by atoms with Crippen LogP contribution >= 0.6 is 11.6 Å². The maximum Gasteiger partial charge on any atom is 0.261 e. The van der Waals surface area contributed by atoms with Gasteiger partial charge in [0, 0.05) is 24.5 Å². The molecule has 3 aromatic rings. The highest BCUT2D eigenvalue weighted by Gasteiger charge is 2.30. The van der Waals surface area contributed by atoms with E-state index in [4.69, 9.17) is 16.3 Å². The molecule has 2 amide bonds. The summed E-state index contributed by atoms with van der Waals surface area (Å²) in [6.45, 7) is 6.76. The van der Waals surface area contributed by atoms with E-state index >= 15 is 0 Å². The van der Waals surface area contributed by atoms with Crippen molar-refractivity contribution < 1.29 is 14.3 Å². The normalized spacial score (nSPS) is 11.7. The number of aryl methyl sites for hydroxylation is 1. The number of nitrogens with one attached hydrogen (secondary N) is 1. The summed E-state index contributed by atoms with van der Waals surface area (Å²) in [5, 5.41) is 3.62. The fraction of sp³-hybridized carbons (Fsp3) is 0.310.